The van der Waals surface area contributed by atoms with Crippen molar-refractivity contribution < 1.29 is 13.9 Å². The molecule has 2 aliphatic heterocycles. The normalized spacial score (nSPS) is 24.0. The zero-order valence-corrected chi connectivity index (χ0v) is 20.8. The standard InChI is InChI=1S/C28H32FN5O2/c1-19-14-33(26-30-13-22-10-23(29)8-9-25(22)31-26)15-20(2)34(19)27(35)36-24-11-28(12-24)17-32(18-28)16-21-6-4-3-5-7-21/h3-10,13,19-20,24H,11-12,14-18H2,1-2H3/t19-,20+. The number of hydrogen-bond acceptors (Lipinski definition) is 6. The van der Waals surface area contributed by atoms with Crippen LogP contribution in [0.1, 0.15) is 32.3 Å². The van der Waals surface area contributed by atoms with E-state index in [2.05, 4.69) is 44.0 Å². The van der Waals surface area contributed by atoms with Gasteiger partial charge in [-0.25, -0.2) is 19.2 Å². The van der Waals surface area contributed by atoms with Gasteiger partial charge in [-0.3, -0.25) is 9.80 Å². The summed E-state index contributed by atoms with van der Waals surface area (Å²) in [5.74, 6) is 0.305. The summed E-state index contributed by atoms with van der Waals surface area (Å²) in [7, 11) is 0. The number of amides is 1. The quantitative estimate of drug-likeness (QED) is 0.539. The average Bonchev–Trinajstić information content (AvgIpc) is 2.81. The number of halogens is 1. The lowest BCUT2D eigenvalue weighted by molar-refractivity contribution is -0.137. The van der Waals surface area contributed by atoms with Crippen molar-refractivity contribution in [3.05, 3.63) is 66.1 Å². The average molecular weight is 490 g/mol. The first kappa shape index (κ1) is 23.2. The maximum atomic E-state index is 13.5. The molecule has 0 bridgehead atoms. The lowest BCUT2D eigenvalue weighted by Gasteiger charge is -2.58. The molecule has 1 aliphatic carbocycles. The minimum atomic E-state index is -0.299. The van der Waals surface area contributed by atoms with Crippen molar-refractivity contribution in [3.8, 4) is 0 Å². The van der Waals surface area contributed by atoms with E-state index in [1.807, 2.05) is 24.8 Å². The Morgan fingerprint density at radius 2 is 1.81 bits per heavy atom. The molecule has 2 saturated heterocycles. The molecule has 0 unspecified atom stereocenters. The largest absolute Gasteiger partial charge is 0.446 e. The highest BCUT2D eigenvalue weighted by Crippen LogP contribution is 2.50. The molecule has 1 amide bonds. The fourth-order valence-electron chi connectivity index (χ4n) is 6.30. The summed E-state index contributed by atoms with van der Waals surface area (Å²) in [5.41, 5.74) is 2.38. The van der Waals surface area contributed by atoms with E-state index in [4.69, 9.17) is 4.74 Å². The molecule has 188 valence electrons. The van der Waals surface area contributed by atoms with Crippen LogP contribution >= 0.6 is 0 Å². The predicted octanol–water partition coefficient (Wildman–Crippen LogP) is 4.47. The van der Waals surface area contributed by atoms with Gasteiger partial charge in [0.15, 0.2) is 0 Å². The molecular formula is C28H32FN5O2. The van der Waals surface area contributed by atoms with Crippen LogP contribution in [0.3, 0.4) is 0 Å². The van der Waals surface area contributed by atoms with Crippen molar-refractivity contribution in [1.29, 1.82) is 0 Å². The van der Waals surface area contributed by atoms with Gasteiger partial charge in [-0.05, 0) is 50.5 Å². The van der Waals surface area contributed by atoms with E-state index in [0.29, 0.717) is 35.4 Å². The summed E-state index contributed by atoms with van der Waals surface area (Å²) in [6.07, 6.45) is 3.36. The number of fused-ring (bicyclic) bond motifs is 1. The van der Waals surface area contributed by atoms with Crippen LogP contribution < -0.4 is 4.90 Å². The molecule has 36 heavy (non-hydrogen) atoms. The maximum absolute atomic E-state index is 13.5. The minimum Gasteiger partial charge on any atom is -0.446 e. The van der Waals surface area contributed by atoms with Crippen molar-refractivity contribution in [1.82, 2.24) is 19.8 Å². The lowest BCUT2D eigenvalue weighted by atomic mass is 9.61. The van der Waals surface area contributed by atoms with Gasteiger partial charge in [0, 0.05) is 49.7 Å². The Kier molecular flexibility index (Phi) is 5.79. The molecule has 3 fully saturated rings. The summed E-state index contributed by atoms with van der Waals surface area (Å²) < 4.78 is 19.4. The number of aromatic nitrogens is 2. The summed E-state index contributed by atoms with van der Waals surface area (Å²) in [6, 6.07) is 15.0. The number of carbonyl (C=O) groups is 1. The fraction of sp³-hybridized carbons (Fsp3) is 0.464. The first-order valence-electron chi connectivity index (χ1n) is 12.8. The second kappa shape index (κ2) is 9.00. The molecule has 1 aromatic heterocycles. The molecule has 0 N–H and O–H groups in total. The van der Waals surface area contributed by atoms with Gasteiger partial charge in [-0.2, -0.15) is 0 Å². The highest BCUT2D eigenvalue weighted by Gasteiger charge is 2.54. The SMILES string of the molecule is C[C@@H]1CN(c2ncc3cc(F)ccc3n2)C[C@H](C)N1C(=O)OC1CC2(C1)CN(Cc1ccccc1)C2. The van der Waals surface area contributed by atoms with Crippen molar-refractivity contribution in [2.45, 2.75) is 51.4 Å². The van der Waals surface area contributed by atoms with Crippen LogP contribution in [0.4, 0.5) is 15.1 Å². The topological polar surface area (TPSA) is 61.8 Å². The van der Waals surface area contributed by atoms with Crippen LogP contribution in [-0.2, 0) is 11.3 Å². The third-order valence-electron chi connectivity index (χ3n) is 7.90. The molecule has 6 rings (SSSR count). The molecule has 1 spiro atoms. The minimum absolute atomic E-state index is 0.0121. The van der Waals surface area contributed by atoms with Crippen LogP contribution in [0.2, 0.25) is 0 Å². The third kappa shape index (κ3) is 4.39. The highest BCUT2D eigenvalue weighted by atomic mass is 19.1. The van der Waals surface area contributed by atoms with Gasteiger partial charge in [0.2, 0.25) is 5.95 Å². The van der Waals surface area contributed by atoms with Crippen molar-refractivity contribution in [3.63, 3.8) is 0 Å². The van der Waals surface area contributed by atoms with Gasteiger partial charge in [-0.15, -0.1) is 0 Å². The number of benzene rings is 2. The van der Waals surface area contributed by atoms with E-state index in [1.165, 1.54) is 17.7 Å². The Hall–Kier alpha value is -3.26. The Bertz CT molecular complexity index is 1250. The van der Waals surface area contributed by atoms with Crippen molar-refractivity contribution in [2.75, 3.05) is 31.1 Å². The molecule has 3 heterocycles. The Morgan fingerprint density at radius 3 is 2.53 bits per heavy atom. The van der Waals surface area contributed by atoms with Crippen molar-refractivity contribution in [2.24, 2.45) is 5.41 Å². The van der Waals surface area contributed by atoms with E-state index < -0.39 is 0 Å². The van der Waals surface area contributed by atoms with Gasteiger partial charge in [-0.1, -0.05) is 30.3 Å². The molecule has 3 aliphatic rings. The van der Waals surface area contributed by atoms with E-state index in [0.717, 1.165) is 32.5 Å². The predicted molar refractivity (Wildman–Crippen MR) is 136 cm³/mol. The summed E-state index contributed by atoms with van der Waals surface area (Å²) >= 11 is 0. The van der Waals surface area contributed by atoms with Gasteiger partial charge < -0.3 is 9.64 Å². The van der Waals surface area contributed by atoms with Crippen LogP contribution in [0.25, 0.3) is 10.9 Å². The zero-order valence-electron chi connectivity index (χ0n) is 20.8. The number of hydrogen-bond donors (Lipinski definition) is 0. The summed E-state index contributed by atoms with van der Waals surface area (Å²) in [4.78, 5) is 28.6. The van der Waals surface area contributed by atoms with Crippen molar-refractivity contribution >= 4 is 22.9 Å². The summed E-state index contributed by atoms with van der Waals surface area (Å²) in [6.45, 7) is 8.47. The van der Waals surface area contributed by atoms with Crippen LogP contribution in [0, 0.1) is 11.2 Å². The van der Waals surface area contributed by atoms with Gasteiger partial charge in [0.05, 0.1) is 17.6 Å². The van der Waals surface area contributed by atoms with E-state index >= 15 is 0 Å². The van der Waals surface area contributed by atoms with E-state index in [-0.39, 0.29) is 30.1 Å². The molecule has 1 saturated carbocycles. The van der Waals surface area contributed by atoms with E-state index in [9.17, 15) is 9.18 Å². The number of ether oxygens (including phenoxy) is 1. The lowest BCUT2D eigenvalue weighted by Crippen LogP contribution is -2.65. The number of rotatable bonds is 4. The van der Waals surface area contributed by atoms with Gasteiger partial charge in [0.25, 0.3) is 0 Å². The second-order valence-electron chi connectivity index (χ2n) is 10.9. The smallest absolute Gasteiger partial charge is 0.410 e. The van der Waals surface area contributed by atoms with Crippen LogP contribution in [-0.4, -0.2) is 70.2 Å². The molecule has 3 aromatic rings. The second-order valence-corrected chi connectivity index (χ2v) is 10.9. The Morgan fingerprint density at radius 1 is 1.08 bits per heavy atom. The molecule has 2 atom stereocenters. The Labute approximate surface area is 210 Å². The summed E-state index contributed by atoms with van der Waals surface area (Å²) in [5, 5.41) is 0.676. The Balaban J connectivity index is 1.01. The number of piperazine rings is 1. The monoisotopic (exact) mass is 489 g/mol. The fourth-order valence-corrected chi connectivity index (χ4v) is 6.30. The van der Waals surface area contributed by atoms with Crippen LogP contribution in [0.5, 0.6) is 0 Å². The van der Waals surface area contributed by atoms with Crippen LogP contribution in [0.15, 0.2) is 54.7 Å². The van der Waals surface area contributed by atoms with Gasteiger partial charge >= 0.3 is 6.09 Å². The molecular weight excluding hydrogens is 457 g/mol. The number of likely N-dealkylation sites (tertiary alicyclic amines) is 1. The molecule has 0 radical (unpaired) electrons. The molecule has 2 aromatic carbocycles. The number of nitrogens with zero attached hydrogens (tertiary/aromatic N) is 5. The maximum Gasteiger partial charge on any atom is 0.410 e. The molecule has 8 heteroatoms. The zero-order chi connectivity index (χ0) is 24.9. The number of anilines is 1. The highest BCUT2D eigenvalue weighted by molar-refractivity contribution is 5.78. The third-order valence-corrected chi connectivity index (χ3v) is 7.90. The first-order valence-corrected chi connectivity index (χ1v) is 12.8. The number of carbonyl (C=O) groups excluding carboxylic acids is 1. The molecule has 7 nitrogen and oxygen atoms in total. The first-order chi connectivity index (χ1) is 17.4. The van der Waals surface area contributed by atoms with E-state index in [1.54, 1.807) is 12.3 Å². The van der Waals surface area contributed by atoms with Gasteiger partial charge in [0.1, 0.15) is 11.9 Å².